The average molecular weight is 373 g/mol. The van der Waals surface area contributed by atoms with Crippen molar-refractivity contribution in [2.45, 2.75) is 6.92 Å². The van der Waals surface area contributed by atoms with Crippen LogP contribution in [0.25, 0.3) is 28.3 Å². The van der Waals surface area contributed by atoms with Crippen LogP contribution in [0.4, 0.5) is 0 Å². The number of hydrogen-bond donors (Lipinski definition) is 0. The summed E-state index contributed by atoms with van der Waals surface area (Å²) in [7, 11) is 0. The summed E-state index contributed by atoms with van der Waals surface area (Å²) < 4.78 is 6.87. The molecule has 0 saturated carbocycles. The monoisotopic (exact) mass is 372 g/mol. The minimum Gasteiger partial charge on any atom is -0.401 e. The van der Waals surface area contributed by atoms with E-state index in [2.05, 4.69) is 15.1 Å². The second-order valence-corrected chi connectivity index (χ2v) is 6.21. The molecule has 0 fully saturated rings. The van der Waals surface area contributed by atoms with Crippen molar-refractivity contribution in [3.8, 4) is 17.4 Å². The van der Waals surface area contributed by atoms with E-state index in [1.807, 2.05) is 6.92 Å². The summed E-state index contributed by atoms with van der Waals surface area (Å²) in [5.74, 6) is 0.545. The molecule has 1 aromatic carbocycles. The van der Waals surface area contributed by atoms with Gasteiger partial charge >= 0.3 is 5.63 Å². The average Bonchev–Trinajstić information content (AvgIpc) is 3.05. The van der Waals surface area contributed by atoms with Gasteiger partial charge in [-0.25, -0.2) is 19.4 Å². The van der Waals surface area contributed by atoms with Gasteiger partial charge in [0.25, 0.3) is 0 Å². The van der Waals surface area contributed by atoms with Crippen molar-refractivity contribution in [3.05, 3.63) is 68.8 Å². The summed E-state index contributed by atoms with van der Waals surface area (Å²) in [4.78, 5) is 21.1. The highest BCUT2D eigenvalue weighted by atomic mass is 35.5. The van der Waals surface area contributed by atoms with Crippen LogP contribution in [-0.4, -0.2) is 19.7 Å². The number of rotatable bonds is 2. The molecule has 0 N–H and O–H groups in total. The fourth-order valence-corrected chi connectivity index (χ4v) is 3.06. The predicted molar refractivity (Wildman–Crippen MR) is 95.4 cm³/mol. The molecule has 8 heteroatoms. The minimum atomic E-state index is -0.523. The molecule has 124 valence electrons. The molecule has 4 rings (SSSR count). The zero-order valence-corrected chi connectivity index (χ0v) is 14.4. The van der Waals surface area contributed by atoms with Gasteiger partial charge in [0.2, 0.25) is 5.89 Å². The Hall–Kier alpha value is -2.70. The summed E-state index contributed by atoms with van der Waals surface area (Å²) >= 11 is 12.2. The number of pyridine rings is 1. The number of fused-ring (bicyclic) bond motifs is 1. The van der Waals surface area contributed by atoms with Gasteiger partial charge in [0.15, 0.2) is 5.82 Å². The normalized spacial score (nSPS) is 11.2. The van der Waals surface area contributed by atoms with Crippen LogP contribution >= 0.6 is 23.2 Å². The van der Waals surface area contributed by atoms with E-state index >= 15 is 0 Å². The zero-order valence-electron chi connectivity index (χ0n) is 12.9. The maximum Gasteiger partial charge on any atom is 0.347 e. The van der Waals surface area contributed by atoms with Crippen molar-refractivity contribution in [1.82, 2.24) is 19.7 Å². The van der Waals surface area contributed by atoms with Gasteiger partial charge in [-0.1, -0.05) is 23.2 Å². The van der Waals surface area contributed by atoms with Crippen molar-refractivity contribution >= 4 is 34.1 Å². The Morgan fingerprint density at radius 2 is 2.00 bits per heavy atom. The van der Waals surface area contributed by atoms with Crippen LogP contribution in [0, 0.1) is 6.92 Å². The summed E-state index contributed by atoms with van der Waals surface area (Å²) in [5, 5.41) is 5.42. The molecule has 0 radical (unpaired) electrons. The van der Waals surface area contributed by atoms with Gasteiger partial charge in [-0.15, -0.1) is 0 Å². The van der Waals surface area contributed by atoms with Crippen LogP contribution in [0.15, 0.2) is 51.9 Å². The molecule has 3 aromatic heterocycles. The van der Waals surface area contributed by atoms with E-state index in [1.54, 1.807) is 42.7 Å². The third-order valence-electron chi connectivity index (χ3n) is 3.69. The Balaban J connectivity index is 1.97. The largest absolute Gasteiger partial charge is 0.401 e. The summed E-state index contributed by atoms with van der Waals surface area (Å²) in [6.07, 6.45) is 3.16. The van der Waals surface area contributed by atoms with Crippen LogP contribution < -0.4 is 5.63 Å². The number of aryl methyl sites for hydroxylation is 1. The summed E-state index contributed by atoms with van der Waals surface area (Å²) in [6.45, 7) is 1.83. The Bertz CT molecular complexity index is 1170. The Kier molecular flexibility index (Phi) is 3.78. The fraction of sp³-hybridized carbons (Fsp3) is 0.0588. The molecule has 4 aromatic rings. The van der Waals surface area contributed by atoms with Crippen LogP contribution in [-0.2, 0) is 0 Å². The van der Waals surface area contributed by atoms with E-state index in [0.717, 1.165) is 5.56 Å². The molecule has 0 amide bonds. The minimum absolute atomic E-state index is 0.127. The molecule has 0 unspecified atom stereocenters. The molecule has 0 aliphatic heterocycles. The van der Waals surface area contributed by atoms with Crippen LogP contribution in [0.2, 0.25) is 10.0 Å². The van der Waals surface area contributed by atoms with Crippen LogP contribution in [0.1, 0.15) is 5.56 Å². The summed E-state index contributed by atoms with van der Waals surface area (Å²) in [6, 6.07) is 8.38. The standard InChI is InChI=1S/C17H10Cl2N4O2/c1-9-7-10(18)8-11-14(9)22-16(25-17(11)24)13-4-6-21-23(13)15-12(19)3-2-5-20-15/h2-8H,1H3. The molecular formula is C17H10Cl2N4O2. The highest BCUT2D eigenvalue weighted by molar-refractivity contribution is 6.32. The van der Waals surface area contributed by atoms with Gasteiger partial charge in [-0.05, 0) is 42.8 Å². The van der Waals surface area contributed by atoms with Crippen molar-refractivity contribution in [3.63, 3.8) is 0 Å². The number of halogens is 2. The van der Waals surface area contributed by atoms with Crippen molar-refractivity contribution in [1.29, 1.82) is 0 Å². The second-order valence-electron chi connectivity index (χ2n) is 5.36. The van der Waals surface area contributed by atoms with E-state index in [1.165, 1.54) is 4.68 Å². The molecule has 6 nitrogen and oxygen atoms in total. The lowest BCUT2D eigenvalue weighted by Gasteiger charge is -2.08. The van der Waals surface area contributed by atoms with Crippen LogP contribution in [0.3, 0.4) is 0 Å². The number of aromatic nitrogens is 4. The molecule has 3 heterocycles. The molecule has 25 heavy (non-hydrogen) atoms. The first-order valence-corrected chi connectivity index (χ1v) is 8.06. The third-order valence-corrected chi connectivity index (χ3v) is 4.20. The first kappa shape index (κ1) is 15.8. The molecule has 0 atom stereocenters. The lowest BCUT2D eigenvalue weighted by Crippen LogP contribution is -2.08. The Labute approximate surface area is 151 Å². The third kappa shape index (κ3) is 2.69. The molecule has 0 saturated heterocycles. The van der Waals surface area contributed by atoms with E-state index in [-0.39, 0.29) is 5.89 Å². The number of benzene rings is 1. The maximum atomic E-state index is 12.4. The smallest absolute Gasteiger partial charge is 0.347 e. The van der Waals surface area contributed by atoms with Crippen LogP contribution in [0.5, 0.6) is 0 Å². The zero-order chi connectivity index (χ0) is 17.6. The van der Waals surface area contributed by atoms with Gasteiger partial charge in [0, 0.05) is 11.2 Å². The van der Waals surface area contributed by atoms with Gasteiger partial charge < -0.3 is 4.42 Å². The highest BCUT2D eigenvalue weighted by Gasteiger charge is 2.17. The van der Waals surface area contributed by atoms with Gasteiger partial charge in [-0.3, -0.25) is 0 Å². The Morgan fingerprint density at radius 1 is 1.16 bits per heavy atom. The van der Waals surface area contributed by atoms with Gasteiger partial charge in [-0.2, -0.15) is 5.10 Å². The van der Waals surface area contributed by atoms with Crippen molar-refractivity contribution in [2.24, 2.45) is 0 Å². The number of hydrogen-bond acceptors (Lipinski definition) is 5. The highest BCUT2D eigenvalue weighted by Crippen LogP contribution is 2.26. The Morgan fingerprint density at radius 3 is 2.80 bits per heavy atom. The first-order valence-electron chi connectivity index (χ1n) is 7.31. The second kappa shape index (κ2) is 5.98. The van der Waals surface area contributed by atoms with E-state index in [9.17, 15) is 4.79 Å². The lowest BCUT2D eigenvalue weighted by atomic mass is 10.1. The van der Waals surface area contributed by atoms with E-state index in [4.69, 9.17) is 27.6 Å². The van der Waals surface area contributed by atoms with Gasteiger partial charge in [0.1, 0.15) is 5.69 Å². The number of nitrogens with zero attached hydrogens (tertiary/aromatic N) is 4. The molecule has 0 aliphatic rings. The van der Waals surface area contributed by atoms with Crippen molar-refractivity contribution in [2.75, 3.05) is 0 Å². The molecule has 0 aliphatic carbocycles. The van der Waals surface area contributed by atoms with Gasteiger partial charge in [0.05, 0.1) is 22.1 Å². The van der Waals surface area contributed by atoms with E-state index in [0.29, 0.717) is 32.5 Å². The fourth-order valence-electron chi connectivity index (χ4n) is 2.58. The molecular weight excluding hydrogens is 363 g/mol. The molecule has 0 bridgehead atoms. The maximum absolute atomic E-state index is 12.4. The topological polar surface area (TPSA) is 73.8 Å². The summed E-state index contributed by atoms with van der Waals surface area (Å²) in [5.41, 5.74) is 1.24. The lowest BCUT2D eigenvalue weighted by molar-refractivity contribution is 0.513. The predicted octanol–water partition coefficient (Wildman–Crippen LogP) is 4.05. The first-order chi connectivity index (χ1) is 12.0. The SMILES string of the molecule is Cc1cc(Cl)cc2c(=O)oc(-c3ccnn3-c3ncccc3Cl)nc12. The van der Waals surface area contributed by atoms with Crippen molar-refractivity contribution < 1.29 is 4.42 Å². The quantitative estimate of drug-likeness (QED) is 0.530. The molecule has 0 spiro atoms. The van der Waals surface area contributed by atoms with E-state index < -0.39 is 5.63 Å².